The van der Waals surface area contributed by atoms with Crippen LogP contribution in [0, 0.1) is 6.92 Å². The third-order valence-electron chi connectivity index (χ3n) is 6.24. The molecule has 2 aromatic rings. The van der Waals surface area contributed by atoms with Crippen molar-refractivity contribution in [2.45, 2.75) is 49.7 Å². The van der Waals surface area contributed by atoms with Crippen LogP contribution >= 0.6 is 0 Å². The second-order valence-corrected chi connectivity index (χ2v) is 12.7. The minimum Gasteiger partial charge on any atom is -0.333 e. The number of carbonyl (C=O) groups is 1. The summed E-state index contributed by atoms with van der Waals surface area (Å²) in [7, 11) is -7.04. The third-order valence-corrected chi connectivity index (χ3v) is 9.92. The maximum Gasteiger partial charge on any atom is 0.243 e. The Morgan fingerprint density at radius 2 is 1.75 bits per heavy atom. The lowest BCUT2D eigenvalue weighted by Gasteiger charge is -2.33. The molecule has 2 saturated heterocycles. The number of rotatable bonds is 6. The maximum atomic E-state index is 13.7. The van der Waals surface area contributed by atoms with Crippen molar-refractivity contribution in [3.63, 3.8) is 0 Å². The highest BCUT2D eigenvalue weighted by Crippen LogP contribution is 2.30. The minimum atomic E-state index is -3.83. The Balaban J connectivity index is 1.64. The fraction of sp³-hybridized carbons (Fsp3) is 0.435. The van der Waals surface area contributed by atoms with Crippen molar-refractivity contribution >= 4 is 25.8 Å². The second kappa shape index (κ2) is 8.96. The average molecular weight is 477 g/mol. The predicted octanol–water partition coefficient (Wildman–Crippen LogP) is 2.36. The number of amides is 1. The van der Waals surface area contributed by atoms with Crippen LogP contribution < -0.4 is 0 Å². The molecule has 2 aromatic carbocycles. The van der Waals surface area contributed by atoms with Gasteiger partial charge in [-0.15, -0.1) is 0 Å². The molecule has 2 heterocycles. The van der Waals surface area contributed by atoms with Crippen molar-refractivity contribution in [3.05, 3.63) is 65.7 Å². The number of hydrogen-bond donors (Lipinski definition) is 0. The highest BCUT2D eigenvalue weighted by Gasteiger charge is 2.44. The summed E-state index contributed by atoms with van der Waals surface area (Å²) in [6.45, 7) is 2.42. The van der Waals surface area contributed by atoms with Gasteiger partial charge in [0.05, 0.1) is 16.4 Å². The lowest BCUT2D eigenvalue weighted by molar-refractivity contribution is -0.137. The Kier molecular flexibility index (Phi) is 6.42. The number of sulfonamides is 1. The molecular formula is C23H28N2O5S2. The van der Waals surface area contributed by atoms with Crippen molar-refractivity contribution in [1.82, 2.24) is 9.21 Å². The van der Waals surface area contributed by atoms with Gasteiger partial charge < -0.3 is 4.90 Å². The number of benzene rings is 2. The fourth-order valence-electron chi connectivity index (χ4n) is 4.50. The van der Waals surface area contributed by atoms with Gasteiger partial charge in [-0.3, -0.25) is 4.79 Å². The molecule has 0 unspecified atom stereocenters. The zero-order valence-electron chi connectivity index (χ0n) is 18.1. The lowest BCUT2D eigenvalue weighted by atomic mass is 10.1. The molecule has 0 spiro atoms. The van der Waals surface area contributed by atoms with Gasteiger partial charge in [-0.2, -0.15) is 4.31 Å². The summed E-state index contributed by atoms with van der Waals surface area (Å²) >= 11 is 0. The first-order valence-electron chi connectivity index (χ1n) is 10.8. The number of nitrogens with zero attached hydrogens (tertiary/aromatic N) is 2. The van der Waals surface area contributed by atoms with Crippen molar-refractivity contribution in [3.8, 4) is 0 Å². The first-order valence-corrected chi connectivity index (χ1v) is 14.1. The summed E-state index contributed by atoms with van der Waals surface area (Å²) in [6.07, 6.45) is 1.39. The number of carbonyl (C=O) groups excluding carboxylic acids is 1. The van der Waals surface area contributed by atoms with E-state index in [1.165, 1.54) is 4.31 Å². The average Bonchev–Trinajstić information content (AvgIpc) is 3.39. The number of sulfone groups is 1. The molecule has 0 radical (unpaired) electrons. The van der Waals surface area contributed by atoms with Gasteiger partial charge in [-0.05, 0) is 43.9 Å². The summed E-state index contributed by atoms with van der Waals surface area (Å²) in [4.78, 5) is 15.5. The molecule has 2 atom stereocenters. The van der Waals surface area contributed by atoms with Gasteiger partial charge in [-0.1, -0.05) is 48.0 Å². The predicted molar refractivity (Wildman–Crippen MR) is 122 cm³/mol. The molecule has 4 rings (SSSR count). The van der Waals surface area contributed by atoms with E-state index < -0.39 is 31.9 Å². The molecule has 9 heteroatoms. The summed E-state index contributed by atoms with van der Waals surface area (Å²) in [5, 5.41) is 0. The molecule has 172 valence electrons. The van der Waals surface area contributed by atoms with Crippen LogP contribution in [0.3, 0.4) is 0 Å². The Bertz CT molecular complexity index is 1180. The van der Waals surface area contributed by atoms with Crippen LogP contribution in [0.15, 0.2) is 59.5 Å². The Hall–Kier alpha value is -2.23. The smallest absolute Gasteiger partial charge is 0.243 e. The monoisotopic (exact) mass is 476 g/mol. The van der Waals surface area contributed by atoms with Gasteiger partial charge in [-0.25, -0.2) is 16.8 Å². The quantitative estimate of drug-likeness (QED) is 0.638. The standard InChI is InChI=1S/C23H28N2O5S2/c1-18-9-11-21(12-10-18)32(29,30)25-14-5-8-22(25)23(26)24(16-19-6-3-2-4-7-19)20-13-15-31(27,28)17-20/h2-4,6-7,9-12,20,22H,5,8,13-17H2,1H3/t20-,22+/m1/s1. The molecule has 0 bridgehead atoms. The van der Waals surface area contributed by atoms with Crippen molar-refractivity contribution in [2.75, 3.05) is 18.1 Å². The molecule has 0 aliphatic carbocycles. The van der Waals surface area contributed by atoms with E-state index in [-0.39, 0.29) is 35.4 Å². The zero-order chi connectivity index (χ0) is 22.9. The lowest BCUT2D eigenvalue weighted by Crippen LogP contribution is -2.51. The van der Waals surface area contributed by atoms with Crippen LogP contribution in [-0.4, -0.2) is 62.1 Å². The van der Waals surface area contributed by atoms with Gasteiger partial charge in [0, 0.05) is 19.1 Å². The van der Waals surface area contributed by atoms with E-state index in [4.69, 9.17) is 0 Å². The van der Waals surface area contributed by atoms with Crippen LogP contribution in [0.1, 0.15) is 30.4 Å². The molecule has 2 fully saturated rings. The molecule has 2 aliphatic rings. The van der Waals surface area contributed by atoms with Gasteiger partial charge in [0.25, 0.3) is 0 Å². The molecule has 1 amide bonds. The first kappa shape index (κ1) is 22.9. The van der Waals surface area contributed by atoms with E-state index in [0.29, 0.717) is 19.3 Å². The van der Waals surface area contributed by atoms with Crippen LogP contribution in [0.2, 0.25) is 0 Å². The SMILES string of the molecule is Cc1ccc(S(=O)(=O)N2CCC[C@H]2C(=O)N(Cc2ccccc2)[C@@H]2CCS(=O)(=O)C2)cc1. The number of aryl methyl sites for hydroxylation is 1. The summed E-state index contributed by atoms with van der Waals surface area (Å²) in [5.41, 5.74) is 1.84. The second-order valence-electron chi connectivity index (χ2n) is 8.60. The summed E-state index contributed by atoms with van der Waals surface area (Å²) in [6, 6.07) is 14.7. The van der Waals surface area contributed by atoms with Gasteiger partial charge in [0.15, 0.2) is 9.84 Å². The highest BCUT2D eigenvalue weighted by molar-refractivity contribution is 7.91. The first-order chi connectivity index (χ1) is 15.2. The van der Waals surface area contributed by atoms with Gasteiger partial charge in [0.2, 0.25) is 15.9 Å². The van der Waals surface area contributed by atoms with E-state index in [2.05, 4.69) is 0 Å². The van der Waals surface area contributed by atoms with E-state index in [1.54, 1.807) is 29.2 Å². The Labute approximate surface area is 190 Å². The van der Waals surface area contributed by atoms with Crippen molar-refractivity contribution < 1.29 is 21.6 Å². The zero-order valence-corrected chi connectivity index (χ0v) is 19.7. The van der Waals surface area contributed by atoms with Gasteiger partial charge >= 0.3 is 0 Å². The molecule has 7 nitrogen and oxygen atoms in total. The van der Waals surface area contributed by atoms with E-state index in [9.17, 15) is 21.6 Å². The fourth-order valence-corrected chi connectivity index (χ4v) is 7.88. The van der Waals surface area contributed by atoms with E-state index in [1.807, 2.05) is 37.3 Å². The largest absolute Gasteiger partial charge is 0.333 e. The Morgan fingerprint density at radius 1 is 1.06 bits per heavy atom. The normalized spacial score (nSPS) is 23.3. The molecule has 2 aliphatic heterocycles. The van der Waals surface area contributed by atoms with E-state index in [0.717, 1.165) is 11.1 Å². The van der Waals surface area contributed by atoms with Crippen molar-refractivity contribution in [1.29, 1.82) is 0 Å². The molecule has 0 aromatic heterocycles. The van der Waals surface area contributed by atoms with Crippen LogP contribution in [-0.2, 0) is 31.2 Å². The third kappa shape index (κ3) is 4.74. The molecule has 0 N–H and O–H groups in total. The van der Waals surface area contributed by atoms with E-state index >= 15 is 0 Å². The summed E-state index contributed by atoms with van der Waals surface area (Å²) in [5.74, 6) is -0.348. The minimum absolute atomic E-state index is 0.0479. The Morgan fingerprint density at radius 3 is 2.38 bits per heavy atom. The number of hydrogen-bond acceptors (Lipinski definition) is 5. The van der Waals surface area contributed by atoms with Crippen LogP contribution in [0.5, 0.6) is 0 Å². The summed E-state index contributed by atoms with van der Waals surface area (Å²) < 4.78 is 52.2. The highest BCUT2D eigenvalue weighted by atomic mass is 32.2. The topological polar surface area (TPSA) is 91.8 Å². The molecular weight excluding hydrogens is 448 g/mol. The molecule has 32 heavy (non-hydrogen) atoms. The van der Waals surface area contributed by atoms with Crippen molar-refractivity contribution in [2.24, 2.45) is 0 Å². The maximum absolute atomic E-state index is 13.7. The van der Waals surface area contributed by atoms with Crippen LogP contribution in [0.25, 0.3) is 0 Å². The molecule has 0 saturated carbocycles. The van der Waals surface area contributed by atoms with Crippen LogP contribution in [0.4, 0.5) is 0 Å². The van der Waals surface area contributed by atoms with Gasteiger partial charge in [0.1, 0.15) is 6.04 Å².